The number of nitrogens with zero attached hydrogens (tertiary/aromatic N) is 2. The first kappa shape index (κ1) is 14.6. The van der Waals surface area contributed by atoms with E-state index in [1.54, 1.807) is 4.90 Å². The molecule has 2 rings (SSSR count). The second kappa shape index (κ2) is 5.66. The van der Waals surface area contributed by atoms with Crippen molar-refractivity contribution >= 4 is 11.4 Å². The molecule has 5 nitrogen and oxygen atoms in total. The molecule has 1 heterocycles. The van der Waals surface area contributed by atoms with Crippen LogP contribution in [0.1, 0.15) is 12.0 Å². The van der Waals surface area contributed by atoms with E-state index in [2.05, 4.69) is 0 Å². The third-order valence-electron chi connectivity index (χ3n) is 3.06. The number of benzene rings is 1. The van der Waals surface area contributed by atoms with Crippen molar-refractivity contribution in [3.05, 3.63) is 33.9 Å². The predicted octanol–water partition coefficient (Wildman–Crippen LogP) is 2.84. The smallest absolute Gasteiger partial charge is 0.380 e. The number of nitro benzene ring substituents is 1. The lowest BCUT2D eigenvalue weighted by molar-refractivity contribution is -0.384. The highest BCUT2D eigenvalue weighted by atomic mass is 19.4. The monoisotopic (exact) mass is 290 g/mol. The van der Waals surface area contributed by atoms with Crippen molar-refractivity contribution in [2.45, 2.75) is 12.6 Å². The van der Waals surface area contributed by atoms with Crippen LogP contribution in [-0.2, 0) is 10.9 Å². The molecule has 0 amide bonds. The van der Waals surface area contributed by atoms with Crippen LogP contribution in [0.3, 0.4) is 0 Å². The van der Waals surface area contributed by atoms with Gasteiger partial charge in [-0.15, -0.1) is 0 Å². The summed E-state index contributed by atoms with van der Waals surface area (Å²) in [7, 11) is 0. The number of alkyl halides is 3. The Morgan fingerprint density at radius 2 is 2.00 bits per heavy atom. The van der Waals surface area contributed by atoms with Gasteiger partial charge in [-0.2, -0.15) is 13.2 Å². The second-order valence-electron chi connectivity index (χ2n) is 4.41. The Hall–Kier alpha value is -1.83. The Balaban J connectivity index is 2.39. The maximum Gasteiger partial charge on any atom is 0.416 e. The molecule has 20 heavy (non-hydrogen) atoms. The zero-order valence-electron chi connectivity index (χ0n) is 10.5. The highest BCUT2D eigenvalue weighted by Crippen LogP contribution is 2.36. The van der Waals surface area contributed by atoms with Crippen LogP contribution in [0.2, 0.25) is 0 Å². The van der Waals surface area contributed by atoms with Gasteiger partial charge in [0.25, 0.3) is 5.69 Å². The van der Waals surface area contributed by atoms with E-state index in [0.29, 0.717) is 38.8 Å². The van der Waals surface area contributed by atoms with Crippen LogP contribution in [0, 0.1) is 10.1 Å². The molecule has 0 aliphatic carbocycles. The third-order valence-corrected chi connectivity index (χ3v) is 3.06. The van der Waals surface area contributed by atoms with Gasteiger partial charge in [0.2, 0.25) is 0 Å². The molecule has 0 aromatic heterocycles. The number of nitro groups is 1. The molecule has 1 aliphatic rings. The fourth-order valence-corrected chi connectivity index (χ4v) is 2.10. The number of ether oxygens (including phenoxy) is 1. The third kappa shape index (κ3) is 3.19. The van der Waals surface area contributed by atoms with E-state index in [4.69, 9.17) is 4.74 Å². The van der Waals surface area contributed by atoms with E-state index < -0.39 is 22.4 Å². The van der Waals surface area contributed by atoms with Gasteiger partial charge in [-0.3, -0.25) is 10.1 Å². The molecule has 0 saturated carbocycles. The van der Waals surface area contributed by atoms with Gasteiger partial charge in [0.05, 0.1) is 17.1 Å². The molecular formula is C12H13F3N2O3. The van der Waals surface area contributed by atoms with Crippen LogP contribution in [-0.4, -0.2) is 31.2 Å². The molecule has 1 aromatic carbocycles. The van der Waals surface area contributed by atoms with E-state index in [1.165, 1.54) is 0 Å². The van der Waals surface area contributed by atoms with Crippen molar-refractivity contribution in [2.24, 2.45) is 0 Å². The Morgan fingerprint density at radius 1 is 1.25 bits per heavy atom. The fraction of sp³-hybridized carbons (Fsp3) is 0.500. The Bertz CT molecular complexity index is 497. The van der Waals surface area contributed by atoms with E-state index in [9.17, 15) is 23.3 Å². The minimum absolute atomic E-state index is 0.202. The molecule has 0 unspecified atom stereocenters. The summed E-state index contributed by atoms with van der Waals surface area (Å²) >= 11 is 0. The minimum atomic E-state index is -4.59. The van der Waals surface area contributed by atoms with Gasteiger partial charge >= 0.3 is 6.18 Å². The number of anilines is 1. The second-order valence-corrected chi connectivity index (χ2v) is 4.41. The molecule has 8 heteroatoms. The Morgan fingerprint density at radius 3 is 2.65 bits per heavy atom. The van der Waals surface area contributed by atoms with E-state index in [0.717, 1.165) is 12.1 Å². The lowest BCUT2D eigenvalue weighted by atomic mass is 10.1. The van der Waals surface area contributed by atoms with Gasteiger partial charge in [-0.25, -0.2) is 0 Å². The van der Waals surface area contributed by atoms with Gasteiger partial charge < -0.3 is 9.64 Å². The Kier molecular flexibility index (Phi) is 4.12. The van der Waals surface area contributed by atoms with Crippen molar-refractivity contribution in [3.8, 4) is 0 Å². The van der Waals surface area contributed by atoms with Crippen LogP contribution in [0.25, 0.3) is 0 Å². The first-order valence-corrected chi connectivity index (χ1v) is 6.08. The van der Waals surface area contributed by atoms with Crippen LogP contribution in [0.4, 0.5) is 24.5 Å². The van der Waals surface area contributed by atoms with Crippen molar-refractivity contribution in [2.75, 3.05) is 31.2 Å². The summed E-state index contributed by atoms with van der Waals surface area (Å²) in [5.74, 6) is 0. The van der Waals surface area contributed by atoms with Gasteiger partial charge in [0.1, 0.15) is 5.69 Å². The average Bonchev–Trinajstić information content (AvgIpc) is 2.65. The molecular weight excluding hydrogens is 277 g/mol. The highest BCUT2D eigenvalue weighted by molar-refractivity contribution is 5.64. The summed E-state index contributed by atoms with van der Waals surface area (Å²) in [6.45, 7) is 1.89. The van der Waals surface area contributed by atoms with Crippen molar-refractivity contribution in [1.82, 2.24) is 0 Å². The van der Waals surface area contributed by atoms with Crippen LogP contribution in [0.15, 0.2) is 18.2 Å². The lowest BCUT2D eigenvalue weighted by Crippen LogP contribution is -2.26. The molecule has 0 bridgehead atoms. The summed E-state index contributed by atoms with van der Waals surface area (Å²) in [6, 6.07) is 2.61. The summed E-state index contributed by atoms with van der Waals surface area (Å²) in [5.41, 5.74) is -1.34. The normalized spacial score (nSPS) is 16.9. The zero-order valence-corrected chi connectivity index (χ0v) is 10.5. The number of hydrogen-bond acceptors (Lipinski definition) is 4. The molecule has 110 valence electrons. The zero-order chi connectivity index (χ0) is 14.8. The van der Waals surface area contributed by atoms with Gasteiger partial charge in [-0.1, -0.05) is 0 Å². The topological polar surface area (TPSA) is 55.6 Å². The van der Waals surface area contributed by atoms with Crippen LogP contribution in [0.5, 0.6) is 0 Å². The largest absolute Gasteiger partial charge is 0.416 e. The summed E-state index contributed by atoms with van der Waals surface area (Å²) in [6.07, 6.45) is -3.91. The van der Waals surface area contributed by atoms with E-state index >= 15 is 0 Å². The number of rotatable bonds is 2. The molecule has 0 spiro atoms. The highest BCUT2D eigenvalue weighted by Gasteiger charge is 2.33. The first-order valence-electron chi connectivity index (χ1n) is 6.08. The molecule has 1 fully saturated rings. The molecule has 1 saturated heterocycles. The summed E-state index contributed by atoms with van der Waals surface area (Å²) in [5, 5.41) is 11.0. The standard InChI is InChI=1S/C12H13F3N2O3/c13-12(14,15)9-2-3-10(11(8-9)17(18)19)16-4-1-6-20-7-5-16/h2-3,8H,1,4-7H2. The fourth-order valence-electron chi connectivity index (χ4n) is 2.10. The summed E-state index contributed by atoms with van der Waals surface area (Å²) in [4.78, 5) is 11.9. The summed E-state index contributed by atoms with van der Waals surface area (Å²) < 4.78 is 43.1. The molecule has 0 atom stereocenters. The van der Waals surface area contributed by atoms with Crippen molar-refractivity contribution in [3.63, 3.8) is 0 Å². The predicted molar refractivity (Wildman–Crippen MR) is 65.7 cm³/mol. The van der Waals surface area contributed by atoms with Crippen molar-refractivity contribution < 1.29 is 22.8 Å². The molecule has 1 aliphatic heterocycles. The molecule has 0 N–H and O–H groups in total. The molecule has 1 aromatic rings. The minimum Gasteiger partial charge on any atom is -0.380 e. The van der Waals surface area contributed by atoms with Crippen LogP contribution < -0.4 is 4.90 Å². The Labute approximate surface area is 113 Å². The SMILES string of the molecule is O=[N+]([O-])c1cc(C(F)(F)F)ccc1N1CCCOCC1. The molecule has 0 radical (unpaired) electrons. The van der Waals surface area contributed by atoms with Gasteiger partial charge in [0.15, 0.2) is 0 Å². The number of halogens is 3. The van der Waals surface area contributed by atoms with E-state index in [1.807, 2.05) is 0 Å². The maximum absolute atomic E-state index is 12.6. The first-order chi connectivity index (χ1) is 9.39. The maximum atomic E-state index is 12.6. The lowest BCUT2D eigenvalue weighted by Gasteiger charge is -2.22. The van der Waals surface area contributed by atoms with Crippen molar-refractivity contribution in [1.29, 1.82) is 0 Å². The van der Waals surface area contributed by atoms with Gasteiger partial charge in [-0.05, 0) is 18.6 Å². The average molecular weight is 290 g/mol. The van der Waals surface area contributed by atoms with Crippen LogP contribution >= 0.6 is 0 Å². The number of hydrogen-bond donors (Lipinski definition) is 0. The van der Waals surface area contributed by atoms with E-state index in [-0.39, 0.29) is 5.69 Å². The van der Waals surface area contributed by atoms with Gasteiger partial charge in [0, 0.05) is 25.8 Å². The quantitative estimate of drug-likeness (QED) is 0.621.